The molecule has 0 bridgehead atoms. The Morgan fingerprint density at radius 1 is 1.10 bits per heavy atom. The molecule has 154 valence electrons. The van der Waals surface area contributed by atoms with Gasteiger partial charge in [-0.25, -0.2) is 0 Å². The Hall–Kier alpha value is -3.65. The van der Waals surface area contributed by atoms with Crippen molar-refractivity contribution in [3.05, 3.63) is 76.2 Å². The molecule has 2 N–H and O–H groups in total. The molecule has 1 aromatic heterocycles. The van der Waals surface area contributed by atoms with Crippen LogP contribution in [0.2, 0.25) is 0 Å². The lowest BCUT2D eigenvalue weighted by molar-refractivity contribution is 0.101. The van der Waals surface area contributed by atoms with Crippen LogP contribution in [0.3, 0.4) is 0 Å². The van der Waals surface area contributed by atoms with Crippen LogP contribution in [0.15, 0.2) is 59.4 Å². The number of carbonyl (C=O) groups is 1. The van der Waals surface area contributed by atoms with E-state index in [9.17, 15) is 14.7 Å². The molecule has 4 rings (SSSR count). The van der Waals surface area contributed by atoms with E-state index < -0.39 is 17.2 Å². The number of hydrogen-bond donors (Lipinski definition) is 2. The summed E-state index contributed by atoms with van der Waals surface area (Å²) in [7, 11) is 0. The maximum Gasteiger partial charge on any atom is 0.280 e. The average Bonchev–Trinajstić information content (AvgIpc) is 2.75. The normalized spacial score (nSPS) is 13.8. The number of para-hydroxylation sites is 2. The van der Waals surface area contributed by atoms with E-state index in [0.717, 1.165) is 22.0 Å². The molecule has 8 heteroatoms. The van der Waals surface area contributed by atoms with E-state index >= 15 is 0 Å². The van der Waals surface area contributed by atoms with Crippen molar-refractivity contribution in [2.24, 2.45) is 0 Å². The number of ether oxygens (including phenoxy) is 1. The van der Waals surface area contributed by atoms with Crippen LogP contribution in [0, 0.1) is 6.92 Å². The third-order valence-electron chi connectivity index (χ3n) is 4.88. The Kier molecular flexibility index (Phi) is 5.49. The first-order chi connectivity index (χ1) is 14.5. The number of aromatic nitrogens is 2. The number of nitrogens with zero attached hydrogens (tertiary/aromatic N) is 3. The van der Waals surface area contributed by atoms with Crippen LogP contribution in [0.25, 0.3) is 5.69 Å². The molecule has 1 aliphatic rings. The van der Waals surface area contributed by atoms with Gasteiger partial charge in [0.1, 0.15) is 0 Å². The highest BCUT2D eigenvalue weighted by Crippen LogP contribution is 2.27. The molecule has 1 aliphatic heterocycles. The molecule has 8 nitrogen and oxygen atoms in total. The summed E-state index contributed by atoms with van der Waals surface area (Å²) >= 11 is 0. The molecule has 0 aliphatic carbocycles. The molecule has 0 radical (unpaired) electrons. The van der Waals surface area contributed by atoms with Crippen molar-refractivity contribution in [1.82, 2.24) is 9.78 Å². The van der Waals surface area contributed by atoms with Crippen molar-refractivity contribution >= 4 is 17.3 Å². The van der Waals surface area contributed by atoms with Crippen molar-refractivity contribution in [2.75, 3.05) is 36.5 Å². The lowest BCUT2D eigenvalue weighted by Crippen LogP contribution is -2.36. The fourth-order valence-electron chi connectivity index (χ4n) is 3.39. The van der Waals surface area contributed by atoms with Crippen LogP contribution in [-0.4, -0.2) is 47.1 Å². The summed E-state index contributed by atoms with van der Waals surface area (Å²) in [6.07, 6.45) is 0. The summed E-state index contributed by atoms with van der Waals surface area (Å²) in [4.78, 5) is 27.4. The molecule has 1 fully saturated rings. The van der Waals surface area contributed by atoms with E-state index in [1.54, 1.807) is 24.3 Å². The van der Waals surface area contributed by atoms with E-state index in [2.05, 4.69) is 15.3 Å². The van der Waals surface area contributed by atoms with Gasteiger partial charge in [0, 0.05) is 19.2 Å². The molecule has 2 aromatic carbocycles. The lowest BCUT2D eigenvalue weighted by Gasteiger charge is -2.30. The molecule has 1 saturated heterocycles. The number of morpholine rings is 1. The molecule has 0 unspecified atom stereocenters. The second-order valence-electron chi connectivity index (χ2n) is 7.04. The lowest BCUT2D eigenvalue weighted by atomic mass is 10.2. The van der Waals surface area contributed by atoms with Crippen molar-refractivity contribution in [1.29, 1.82) is 0 Å². The van der Waals surface area contributed by atoms with Crippen LogP contribution in [-0.2, 0) is 4.74 Å². The van der Waals surface area contributed by atoms with Gasteiger partial charge >= 0.3 is 0 Å². The standard InChI is InChI=1S/C22H22N4O4/c1-15-5-4-6-16(13-15)26-20(28)14-19(27)21(24-26)22(29)23-17-7-2-3-8-18(17)25-9-11-30-12-10-25/h2-8,13-14,27H,9-12H2,1H3,(H,23,29). The molecule has 2 heterocycles. The fourth-order valence-corrected chi connectivity index (χ4v) is 3.39. The van der Waals surface area contributed by atoms with Crippen molar-refractivity contribution in [2.45, 2.75) is 6.92 Å². The molecule has 0 atom stereocenters. The minimum Gasteiger partial charge on any atom is -0.505 e. The second kappa shape index (κ2) is 8.38. The van der Waals surface area contributed by atoms with E-state index in [1.165, 1.54) is 0 Å². The SMILES string of the molecule is Cc1cccc(-n2nc(C(=O)Nc3ccccc3N3CCOCC3)c(O)cc2=O)c1. The molecule has 30 heavy (non-hydrogen) atoms. The van der Waals surface area contributed by atoms with Gasteiger partial charge in [-0.1, -0.05) is 24.3 Å². The highest BCUT2D eigenvalue weighted by Gasteiger charge is 2.20. The van der Waals surface area contributed by atoms with E-state index in [4.69, 9.17) is 4.74 Å². The summed E-state index contributed by atoms with van der Waals surface area (Å²) in [5, 5.41) is 17.2. The third-order valence-corrected chi connectivity index (χ3v) is 4.88. The van der Waals surface area contributed by atoms with Gasteiger partial charge in [-0.05, 0) is 36.8 Å². The first-order valence-electron chi connectivity index (χ1n) is 9.66. The van der Waals surface area contributed by atoms with Gasteiger partial charge in [0.05, 0.1) is 30.3 Å². The molecule has 1 amide bonds. The monoisotopic (exact) mass is 406 g/mol. The minimum atomic E-state index is -0.602. The van der Waals surface area contributed by atoms with Crippen LogP contribution in [0.1, 0.15) is 16.1 Å². The first-order valence-corrected chi connectivity index (χ1v) is 9.66. The van der Waals surface area contributed by atoms with Crippen LogP contribution in [0.5, 0.6) is 5.75 Å². The van der Waals surface area contributed by atoms with Gasteiger partial charge in [-0.3, -0.25) is 9.59 Å². The Balaban J connectivity index is 1.66. The number of rotatable bonds is 4. The Morgan fingerprint density at radius 2 is 1.87 bits per heavy atom. The quantitative estimate of drug-likeness (QED) is 0.690. The number of hydrogen-bond acceptors (Lipinski definition) is 6. The van der Waals surface area contributed by atoms with Crippen LogP contribution >= 0.6 is 0 Å². The molecule has 3 aromatic rings. The Morgan fingerprint density at radius 3 is 2.63 bits per heavy atom. The zero-order valence-electron chi connectivity index (χ0n) is 16.5. The zero-order chi connectivity index (χ0) is 21.1. The fraction of sp³-hybridized carbons (Fsp3) is 0.227. The average molecular weight is 406 g/mol. The first kappa shape index (κ1) is 19.7. The van der Waals surface area contributed by atoms with Gasteiger partial charge in [0.15, 0.2) is 11.4 Å². The molecule has 0 spiro atoms. The van der Waals surface area contributed by atoms with E-state index in [-0.39, 0.29) is 5.69 Å². The van der Waals surface area contributed by atoms with Gasteiger partial charge in [-0.15, -0.1) is 0 Å². The summed E-state index contributed by atoms with van der Waals surface area (Å²) in [6, 6.07) is 15.6. The van der Waals surface area contributed by atoms with Crippen molar-refractivity contribution in [3.8, 4) is 11.4 Å². The van der Waals surface area contributed by atoms with Gasteiger partial charge < -0.3 is 20.1 Å². The minimum absolute atomic E-state index is 0.229. The highest BCUT2D eigenvalue weighted by molar-refractivity contribution is 6.06. The van der Waals surface area contributed by atoms with E-state index in [0.29, 0.717) is 37.7 Å². The smallest absolute Gasteiger partial charge is 0.280 e. The molecule has 0 saturated carbocycles. The maximum atomic E-state index is 12.9. The molecular formula is C22H22N4O4. The van der Waals surface area contributed by atoms with Gasteiger partial charge in [0.2, 0.25) is 0 Å². The summed E-state index contributed by atoms with van der Waals surface area (Å²) in [5.41, 5.74) is 2.17. The number of benzene rings is 2. The number of aromatic hydroxyl groups is 1. The predicted molar refractivity (Wildman–Crippen MR) is 114 cm³/mol. The summed E-state index contributed by atoms with van der Waals surface area (Å²) < 4.78 is 6.50. The van der Waals surface area contributed by atoms with Gasteiger partial charge in [0.25, 0.3) is 11.5 Å². The Labute approximate surface area is 173 Å². The largest absolute Gasteiger partial charge is 0.505 e. The maximum absolute atomic E-state index is 12.9. The summed E-state index contributed by atoms with van der Waals surface area (Å²) in [6.45, 7) is 4.56. The number of anilines is 2. The topological polar surface area (TPSA) is 96.7 Å². The van der Waals surface area contributed by atoms with E-state index in [1.807, 2.05) is 31.2 Å². The number of amides is 1. The molecular weight excluding hydrogens is 384 g/mol. The number of aryl methyl sites for hydroxylation is 1. The van der Waals surface area contributed by atoms with Crippen LogP contribution in [0.4, 0.5) is 11.4 Å². The van der Waals surface area contributed by atoms with Crippen molar-refractivity contribution in [3.63, 3.8) is 0 Å². The van der Waals surface area contributed by atoms with Crippen molar-refractivity contribution < 1.29 is 14.6 Å². The summed E-state index contributed by atoms with van der Waals surface area (Å²) in [5.74, 6) is -1.07. The zero-order valence-corrected chi connectivity index (χ0v) is 16.5. The van der Waals surface area contributed by atoms with Gasteiger partial charge in [-0.2, -0.15) is 9.78 Å². The second-order valence-corrected chi connectivity index (χ2v) is 7.04. The van der Waals surface area contributed by atoms with Crippen LogP contribution < -0.4 is 15.8 Å². The number of carbonyl (C=O) groups excluding carboxylic acids is 1. The Bertz CT molecular complexity index is 1140. The number of nitrogens with one attached hydrogen (secondary N) is 1. The highest BCUT2D eigenvalue weighted by atomic mass is 16.5. The predicted octanol–water partition coefficient (Wildman–Crippen LogP) is 2.34. The third kappa shape index (κ3) is 4.04.